The summed E-state index contributed by atoms with van der Waals surface area (Å²) in [6, 6.07) is 62.4. The second-order valence-electron chi connectivity index (χ2n) is 13.9. The number of allylic oxidation sites excluding steroid dienone is 1. The minimum Gasteiger partial charge on any atom is -0.227 e. The van der Waals surface area contributed by atoms with E-state index < -0.39 is 0 Å². The summed E-state index contributed by atoms with van der Waals surface area (Å²) < 4.78 is 0. The second kappa shape index (κ2) is 12.9. The Labute approximate surface area is 305 Å². The Bertz CT molecular complexity index is 2570. The Balaban J connectivity index is 1.12. The van der Waals surface area contributed by atoms with Gasteiger partial charge in [-0.15, -0.1) is 0 Å². The van der Waals surface area contributed by atoms with Crippen molar-refractivity contribution in [3.63, 3.8) is 0 Å². The van der Waals surface area contributed by atoms with Crippen molar-refractivity contribution in [1.29, 1.82) is 0 Å². The molecular formula is C50H36N2. The molecule has 0 atom stereocenters. The van der Waals surface area contributed by atoms with Crippen LogP contribution < -0.4 is 0 Å². The molecule has 0 radical (unpaired) electrons. The molecule has 2 aliphatic rings. The van der Waals surface area contributed by atoms with Gasteiger partial charge in [-0.25, -0.2) is 9.98 Å². The van der Waals surface area contributed by atoms with Crippen molar-refractivity contribution in [2.24, 2.45) is 9.98 Å². The van der Waals surface area contributed by atoms with Gasteiger partial charge >= 0.3 is 0 Å². The molecule has 246 valence electrons. The molecule has 1 aliphatic heterocycles. The Morgan fingerprint density at radius 3 is 1.58 bits per heavy atom. The van der Waals surface area contributed by atoms with Gasteiger partial charge in [0.15, 0.2) is 5.84 Å². The van der Waals surface area contributed by atoms with Crippen LogP contribution in [0.15, 0.2) is 198 Å². The SMILES string of the molecule is CC1(C)c2ccccc2-c2cc(-c3ccccc3)c(-c3ccc(C4=NC(c5ccccc5)=NC(c5ccc(-c6ccccc6)cc5)=C=C4)cc3)cc21. The predicted molar refractivity (Wildman–Crippen MR) is 218 cm³/mol. The van der Waals surface area contributed by atoms with Gasteiger partial charge in [-0.2, -0.15) is 0 Å². The van der Waals surface area contributed by atoms with Crippen LogP contribution in [0.2, 0.25) is 0 Å². The quantitative estimate of drug-likeness (QED) is 0.158. The Kier molecular flexibility index (Phi) is 7.81. The Morgan fingerprint density at radius 1 is 0.385 bits per heavy atom. The fourth-order valence-corrected chi connectivity index (χ4v) is 7.57. The molecule has 1 heterocycles. The van der Waals surface area contributed by atoms with Crippen LogP contribution in [0.5, 0.6) is 0 Å². The second-order valence-corrected chi connectivity index (χ2v) is 13.9. The zero-order chi connectivity index (χ0) is 35.1. The van der Waals surface area contributed by atoms with Crippen molar-refractivity contribution < 1.29 is 0 Å². The zero-order valence-electron chi connectivity index (χ0n) is 29.2. The van der Waals surface area contributed by atoms with E-state index in [9.17, 15) is 0 Å². The molecule has 0 aromatic heterocycles. The normalized spacial score (nSPS) is 14.1. The van der Waals surface area contributed by atoms with E-state index >= 15 is 0 Å². The lowest BCUT2D eigenvalue weighted by molar-refractivity contribution is 0.660. The summed E-state index contributed by atoms with van der Waals surface area (Å²) in [4.78, 5) is 10.2. The van der Waals surface area contributed by atoms with Crippen LogP contribution in [0.3, 0.4) is 0 Å². The minimum absolute atomic E-state index is 0.0885. The first kappa shape index (κ1) is 31.4. The molecule has 2 heteroatoms. The summed E-state index contributed by atoms with van der Waals surface area (Å²) >= 11 is 0. The molecule has 2 nitrogen and oxygen atoms in total. The van der Waals surface area contributed by atoms with E-state index in [1.807, 2.05) is 30.3 Å². The monoisotopic (exact) mass is 664 g/mol. The van der Waals surface area contributed by atoms with Crippen molar-refractivity contribution in [3.8, 4) is 44.5 Å². The number of rotatable bonds is 6. The smallest absolute Gasteiger partial charge is 0.161 e. The summed E-state index contributed by atoms with van der Waals surface area (Å²) in [5, 5.41) is 0. The van der Waals surface area contributed by atoms with Gasteiger partial charge in [-0.3, -0.25) is 0 Å². The first-order chi connectivity index (χ1) is 25.5. The van der Waals surface area contributed by atoms with E-state index in [4.69, 9.17) is 9.98 Å². The van der Waals surface area contributed by atoms with Crippen molar-refractivity contribution in [2.45, 2.75) is 19.3 Å². The van der Waals surface area contributed by atoms with Crippen LogP contribution in [0.25, 0.3) is 50.2 Å². The highest BCUT2D eigenvalue weighted by Crippen LogP contribution is 2.51. The number of hydrogen-bond acceptors (Lipinski definition) is 2. The summed E-state index contributed by atoms with van der Waals surface area (Å²) in [6.45, 7) is 4.68. The van der Waals surface area contributed by atoms with Crippen molar-refractivity contribution in [1.82, 2.24) is 0 Å². The molecule has 0 saturated carbocycles. The first-order valence-corrected chi connectivity index (χ1v) is 17.8. The third-order valence-corrected chi connectivity index (χ3v) is 10.4. The molecule has 0 N–H and O–H groups in total. The number of hydrogen-bond donors (Lipinski definition) is 0. The van der Waals surface area contributed by atoms with E-state index in [1.165, 1.54) is 55.6 Å². The van der Waals surface area contributed by atoms with Crippen LogP contribution >= 0.6 is 0 Å². The molecule has 7 aromatic rings. The molecule has 0 spiro atoms. The zero-order valence-corrected chi connectivity index (χ0v) is 29.2. The number of fused-ring (bicyclic) bond motifs is 3. The van der Waals surface area contributed by atoms with Gasteiger partial charge in [-0.1, -0.05) is 183 Å². The molecule has 0 unspecified atom stereocenters. The highest BCUT2D eigenvalue weighted by molar-refractivity contribution is 6.19. The molecule has 7 aromatic carbocycles. The third-order valence-electron chi connectivity index (χ3n) is 10.4. The van der Waals surface area contributed by atoms with E-state index in [1.54, 1.807) is 0 Å². The van der Waals surface area contributed by atoms with Crippen molar-refractivity contribution in [2.75, 3.05) is 0 Å². The Morgan fingerprint density at radius 2 is 0.885 bits per heavy atom. The highest BCUT2D eigenvalue weighted by Gasteiger charge is 2.36. The van der Waals surface area contributed by atoms with E-state index in [0.717, 1.165) is 28.1 Å². The van der Waals surface area contributed by atoms with Gasteiger partial charge in [-0.05, 0) is 67.8 Å². The van der Waals surface area contributed by atoms with E-state index in [0.29, 0.717) is 5.84 Å². The van der Waals surface area contributed by atoms with Crippen LogP contribution in [-0.4, -0.2) is 11.5 Å². The van der Waals surface area contributed by atoms with Gasteiger partial charge in [0.2, 0.25) is 0 Å². The largest absolute Gasteiger partial charge is 0.227 e. The molecule has 0 saturated heterocycles. The molecule has 0 bridgehead atoms. The fourth-order valence-electron chi connectivity index (χ4n) is 7.57. The molecule has 0 fully saturated rings. The van der Waals surface area contributed by atoms with Crippen LogP contribution in [0.4, 0.5) is 0 Å². The standard InChI is InChI=1S/C50H36N2/c1-50(2)45-21-13-12-20-41(45)44-32-42(36-16-8-4-9-17-36)43(33-46(44)50)37-24-28-39(29-25-37)48-31-30-47(51-49(52-48)40-18-10-5-11-19-40)38-26-22-35(23-27-38)34-14-6-3-7-15-34/h3-29,31-33H,1-2H3. The predicted octanol–water partition coefficient (Wildman–Crippen LogP) is 12.4. The summed E-state index contributed by atoms with van der Waals surface area (Å²) in [7, 11) is 0. The number of nitrogens with zero attached hydrogens (tertiary/aromatic N) is 2. The van der Waals surface area contributed by atoms with Gasteiger partial charge in [0.1, 0.15) is 5.70 Å². The number of amidine groups is 1. The maximum atomic E-state index is 5.14. The van der Waals surface area contributed by atoms with E-state index in [-0.39, 0.29) is 5.41 Å². The van der Waals surface area contributed by atoms with Gasteiger partial charge in [0, 0.05) is 28.2 Å². The van der Waals surface area contributed by atoms with Crippen LogP contribution in [-0.2, 0) is 5.41 Å². The summed E-state index contributed by atoms with van der Waals surface area (Å²) in [5.41, 5.74) is 20.5. The topological polar surface area (TPSA) is 24.7 Å². The lowest BCUT2D eigenvalue weighted by atomic mass is 9.80. The van der Waals surface area contributed by atoms with Gasteiger partial charge < -0.3 is 0 Å². The molecule has 0 amide bonds. The molecule has 1 aliphatic carbocycles. The third kappa shape index (κ3) is 5.66. The van der Waals surface area contributed by atoms with E-state index in [2.05, 4.69) is 171 Å². The molecule has 9 rings (SSSR count). The average molecular weight is 665 g/mol. The molecule has 52 heavy (non-hydrogen) atoms. The maximum Gasteiger partial charge on any atom is 0.161 e. The minimum atomic E-state index is -0.0885. The van der Waals surface area contributed by atoms with Crippen LogP contribution in [0.1, 0.15) is 41.7 Å². The first-order valence-electron chi connectivity index (χ1n) is 17.8. The Hall–Kier alpha value is -6.60. The van der Waals surface area contributed by atoms with Gasteiger partial charge in [0.25, 0.3) is 0 Å². The lowest BCUT2D eigenvalue weighted by Gasteiger charge is -2.23. The maximum absolute atomic E-state index is 5.14. The fraction of sp³-hybridized carbons (Fsp3) is 0.0600. The number of aliphatic imine (C=N–C) groups is 2. The summed E-state index contributed by atoms with van der Waals surface area (Å²) in [6.07, 6.45) is 1.97. The van der Waals surface area contributed by atoms with Gasteiger partial charge in [0.05, 0.1) is 5.71 Å². The lowest BCUT2D eigenvalue weighted by Crippen LogP contribution is -2.15. The van der Waals surface area contributed by atoms with Crippen molar-refractivity contribution >= 4 is 17.2 Å². The molecular weight excluding hydrogens is 629 g/mol. The van der Waals surface area contributed by atoms with Crippen LogP contribution in [0, 0.1) is 0 Å². The average Bonchev–Trinajstić information content (AvgIpc) is 3.32. The summed E-state index contributed by atoms with van der Waals surface area (Å²) in [5.74, 6) is 0.662. The number of benzene rings is 7. The van der Waals surface area contributed by atoms with Crippen molar-refractivity contribution in [3.05, 3.63) is 216 Å². The highest BCUT2D eigenvalue weighted by atomic mass is 14.9.